The monoisotopic (exact) mass is 425 g/mol. The summed E-state index contributed by atoms with van der Waals surface area (Å²) in [5.41, 5.74) is 2.45. The highest BCUT2D eigenvalue weighted by Crippen LogP contribution is 2.31. The first kappa shape index (κ1) is 19.1. The van der Waals surface area contributed by atoms with Gasteiger partial charge in [0.1, 0.15) is 10.6 Å². The Morgan fingerprint density at radius 2 is 1.35 bits per heavy atom. The van der Waals surface area contributed by atoms with Crippen LogP contribution in [0, 0.1) is 0 Å². The van der Waals surface area contributed by atoms with Gasteiger partial charge < -0.3 is 0 Å². The molecule has 0 aliphatic carbocycles. The zero-order valence-electron chi connectivity index (χ0n) is 16.5. The van der Waals surface area contributed by atoms with E-state index in [9.17, 15) is 8.42 Å². The van der Waals surface area contributed by atoms with Crippen molar-refractivity contribution in [3.8, 4) is 16.9 Å². The fraction of sp³-hybridized carbons (Fsp3) is 0. The number of hydrogen-bond acceptors (Lipinski definition) is 3. The van der Waals surface area contributed by atoms with Gasteiger partial charge in [-0.3, -0.25) is 4.72 Å². The van der Waals surface area contributed by atoms with Crippen molar-refractivity contribution in [1.29, 1.82) is 0 Å². The number of rotatable bonds is 5. The number of nitrogens with one attached hydrogen (secondary N) is 1. The molecule has 0 aliphatic rings. The smallest absolute Gasteiger partial charge is 0.265 e. The Morgan fingerprint density at radius 3 is 2.13 bits per heavy atom. The lowest BCUT2D eigenvalue weighted by Gasteiger charge is -2.11. The van der Waals surface area contributed by atoms with Gasteiger partial charge in [-0.2, -0.15) is 5.10 Å². The minimum atomic E-state index is -3.90. The van der Waals surface area contributed by atoms with Gasteiger partial charge in [0.2, 0.25) is 0 Å². The summed E-state index contributed by atoms with van der Waals surface area (Å²) < 4.78 is 31.4. The molecule has 0 amide bonds. The van der Waals surface area contributed by atoms with E-state index in [1.165, 1.54) is 0 Å². The minimum absolute atomic E-state index is 0.121. The third-order valence-electron chi connectivity index (χ3n) is 5.07. The molecule has 0 unspecified atom stereocenters. The van der Waals surface area contributed by atoms with E-state index in [-0.39, 0.29) is 4.90 Å². The van der Waals surface area contributed by atoms with Crippen LogP contribution in [0.3, 0.4) is 0 Å². The van der Waals surface area contributed by atoms with Gasteiger partial charge in [-0.1, -0.05) is 84.9 Å². The SMILES string of the molecule is O=S(=O)(Nc1cccc2ccccc12)c1cn(-c2ccccc2)nc1-c1ccccc1. The molecule has 0 atom stereocenters. The van der Waals surface area contributed by atoms with Crippen LogP contribution in [0.1, 0.15) is 0 Å². The number of benzene rings is 4. The molecule has 0 bridgehead atoms. The lowest BCUT2D eigenvalue weighted by molar-refractivity contribution is 0.601. The number of hydrogen-bond donors (Lipinski definition) is 1. The first-order chi connectivity index (χ1) is 15.1. The van der Waals surface area contributed by atoms with Crippen molar-refractivity contribution < 1.29 is 8.42 Å². The zero-order valence-corrected chi connectivity index (χ0v) is 17.3. The fourth-order valence-corrected chi connectivity index (χ4v) is 4.81. The highest BCUT2D eigenvalue weighted by atomic mass is 32.2. The predicted octanol–water partition coefficient (Wildman–Crippen LogP) is 5.49. The molecular formula is C25H19N3O2S. The molecule has 1 heterocycles. The average molecular weight is 426 g/mol. The lowest BCUT2D eigenvalue weighted by atomic mass is 10.1. The quantitative estimate of drug-likeness (QED) is 0.405. The summed E-state index contributed by atoms with van der Waals surface area (Å²) in [4.78, 5) is 0.121. The van der Waals surface area contributed by atoms with Crippen LogP contribution in [0.25, 0.3) is 27.7 Å². The Hall–Kier alpha value is -3.90. The number of sulfonamides is 1. The van der Waals surface area contributed by atoms with Gasteiger partial charge in [0, 0.05) is 10.9 Å². The van der Waals surface area contributed by atoms with E-state index < -0.39 is 10.0 Å². The van der Waals surface area contributed by atoms with Crippen LogP contribution in [0.4, 0.5) is 5.69 Å². The van der Waals surface area contributed by atoms with E-state index in [2.05, 4.69) is 9.82 Å². The van der Waals surface area contributed by atoms with Crippen LogP contribution >= 0.6 is 0 Å². The van der Waals surface area contributed by atoms with E-state index in [0.717, 1.165) is 22.0 Å². The summed E-state index contributed by atoms with van der Waals surface area (Å²) >= 11 is 0. The predicted molar refractivity (Wildman–Crippen MR) is 124 cm³/mol. The zero-order chi connectivity index (χ0) is 21.3. The Labute approximate surface area is 180 Å². The van der Waals surface area contributed by atoms with Crippen molar-refractivity contribution in [2.45, 2.75) is 4.90 Å². The van der Waals surface area contributed by atoms with Crippen molar-refractivity contribution >= 4 is 26.5 Å². The maximum absolute atomic E-state index is 13.5. The third kappa shape index (κ3) is 3.69. The number of fused-ring (bicyclic) bond motifs is 1. The molecule has 152 valence electrons. The maximum atomic E-state index is 13.5. The molecule has 5 aromatic rings. The largest absolute Gasteiger partial charge is 0.279 e. The van der Waals surface area contributed by atoms with Crippen LogP contribution in [0.15, 0.2) is 114 Å². The van der Waals surface area contributed by atoms with E-state index in [1.54, 1.807) is 16.9 Å². The van der Waals surface area contributed by atoms with Crippen LogP contribution in [-0.4, -0.2) is 18.2 Å². The lowest BCUT2D eigenvalue weighted by Crippen LogP contribution is -2.13. The van der Waals surface area contributed by atoms with E-state index >= 15 is 0 Å². The third-order valence-corrected chi connectivity index (χ3v) is 6.44. The molecule has 6 heteroatoms. The summed E-state index contributed by atoms with van der Waals surface area (Å²) in [7, 11) is -3.90. The van der Waals surface area contributed by atoms with Crippen LogP contribution < -0.4 is 4.72 Å². The van der Waals surface area contributed by atoms with E-state index in [1.807, 2.05) is 97.1 Å². The Kier molecular flexibility index (Phi) is 4.76. The molecular weight excluding hydrogens is 406 g/mol. The highest BCUT2D eigenvalue weighted by molar-refractivity contribution is 7.92. The highest BCUT2D eigenvalue weighted by Gasteiger charge is 2.25. The van der Waals surface area contributed by atoms with Crippen LogP contribution in [-0.2, 0) is 10.0 Å². The summed E-state index contributed by atoms with van der Waals surface area (Å²) in [5, 5.41) is 6.42. The van der Waals surface area contributed by atoms with Gasteiger partial charge in [0.25, 0.3) is 10.0 Å². The van der Waals surface area contributed by atoms with Gasteiger partial charge in [0.05, 0.1) is 17.6 Å². The molecule has 1 aromatic heterocycles. The molecule has 0 radical (unpaired) electrons. The first-order valence-electron chi connectivity index (χ1n) is 9.83. The topological polar surface area (TPSA) is 64.0 Å². The Bertz CT molecular complexity index is 1460. The van der Waals surface area contributed by atoms with Crippen LogP contribution in [0.5, 0.6) is 0 Å². The van der Waals surface area contributed by atoms with Gasteiger partial charge >= 0.3 is 0 Å². The molecule has 5 rings (SSSR count). The standard InChI is InChI=1S/C25H19N3O2S/c29-31(30,27-23-17-9-13-19-10-7-8-16-22(19)23)24-18-28(21-14-5-2-6-15-21)26-25(24)20-11-3-1-4-12-20/h1-18,27H. The van der Waals surface area contributed by atoms with Crippen molar-refractivity contribution in [3.63, 3.8) is 0 Å². The molecule has 0 fully saturated rings. The second kappa shape index (κ2) is 7.74. The van der Waals surface area contributed by atoms with Crippen LogP contribution in [0.2, 0.25) is 0 Å². The second-order valence-electron chi connectivity index (χ2n) is 7.12. The minimum Gasteiger partial charge on any atom is -0.279 e. The summed E-state index contributed by atoms with van der Waals surface area (Å²) in [6, 6.07) is 32.0. The maximum Gasteiger partial charge on any atom is 0.265 e. The molecule has 1 N–H and O–H groups in total. The van der Waals surface area contributed by atoms with E-state index in [0.29, 0.717) is 11.4 Å². The summed E-state index contributed by atoms with van der Waals surface area (Å²) in [6.45, 7) is 0. The summed E-state index contributed by atoms with van der Waals surface area (Å²) in [5.74, 6) is 0. The molecule has 0 saturated carbocycles. The molecule has 31 heavy (non-hydrogen) atoms. The Morgan fingerprint density at radius 1 is 0.710 bits per heavy atom. The molecule has 5 nitrogen and oxygen atoms in total. The van der Waals surface area contributed by atoms with Gasteiger partial charge in [0.15, 0.2) is 0 Å². The number of anilines is 1. The Balaban J connectivity index is 1.65. The molecule has 4 aromatic carbocycles. The van der Waals surface area contributed by atoms with E-state index in [4.69, 9.17) is 0 Å². The van der Waals surface area contributed by atoms with Gasteiger partial charge in [-0.25, -0.2) is 13.1 Å². The number of para-hydroxylation sites is 1. The average Bonchev–Trinajstić information content (AvgIpc) is 3.27. The molecule has 0 aliphatic heterocycles. The number of nitrogens with zero attached hydrogens (tertiary/aromatic N) is 2. The van der Waals surface area contributed by atoms with Crippen molar-refractivity contribution in [2.24, 2.45) is 0 Å². The summed E-state index contributed by atoms with van der Waals surface area (Å²) in [6.07, 6.45) is 1.56. The van der Waals surface area contributed by atoms with Crippen molar-refractivity contribution in [3.05, 3.63) is 109 Å². The van der Waals surface area contributed by atoms with Gasteiger partial charge in [-0.15, -0.1) is 0 Å². The van der Waals surface area contributed by atoms with Gasteiger partial charge in [-0.05, 0) is 23.6 Å². The molecule has 0 spiro atoms. The first-order valence-corrected chi connectivity index (χ1v) is 11.3. The molecule has 0 saturated heterocycles. The fourth-order valence-electron chi connectivity index (χ4n) is 3.58. The number of aromatic nitrogens is 2. The van der Waals surface area contributed by atoms with Crippen molar-refractivity contribution in [2.75, 3.05) is 4.72 Å². The normalized spacial score (nSPS) is 11.5. The second-order valence-corrected chi connectivity index (χ2v) is 8.77. The van der Waals surface area contributed by atoms with Crippen molar-refractivity contribution in [1.82, 2.24) is 9.78 Å².